The first-order valence-electron chi connectivity index (χ1n) is 5.96. The minimum Gasteiger partial charge on any atom is -0.461 e. The Kier molecular flexibility index (Phi) is 2.87. The Morgan fingerprint density at radius 1 is 1.50 bits per heavy atom. The molecule has 88 valence electrons. The quantitative estimate of drug-likeness (QED) is 0.672. The van der Waals surface area contributed by atoms with Crippen LogP contribution in [-0.2, 0) is 9.53 Å². The van der Waals surface area contributed by atoms with E-state index in [1.54, 1.807) is 0 Å². The molecule has 0 N–H and O–H groups in total. The average Bonchev–Trinajstić information content (AvgIpc) is 2.59. The second kappa shape index (κ2) is 4.04. The molecule has 3 nitrogen and oxygen atoms in total. The fourth-order valence-electron chi connectivity index (χ4n) is 2.41. The van der Waals surface area contributed by atoms with Crippen molar-refractivity contribution < 1.29 is 9.53 Å². The average molecular weight is 221 g/mol. The molecule has 0 aromatic carbocycles. The minimum atomic E-state index is -0.245. The number of rotatable bonds is 2. The van der Waals surface area contributed by atoms with Crippen LogP contribution in [0.5, 0.6) is 0 Å². The Labute approximate surface area is 96.6 Å². The molecule has 16 heavy (non-hydrogen) atoms. The van der Waals surface area contributed by atoms with Gasteiger partial charge in [-0.15, -0.1) is 0 Å². The molecule has 1 aliphatic heterocycles. The molecule has 0 spiro atoms. The van der Waals surface area contributed by atoms with Gasteiger partial charge in [0.25, 0.3) is 0 Å². The molecule has 1 aliphatic carbocycles. The van der Waals surface area contributed by atoms with E-state index in [1.165, 1.54) is 12.0 Å². The molecule has 2 aliphatic rings. The number of hydrogen-bond acceptors (Lipinski definition) is 3. The molecular formula is C13H19NO2. The highest BCUT2D eigenvalue weighted by atomic mass is 16.5. The molecule has 0 aromatic rings. The molecule has 0 aromatic heterocycles. The van der Waals surface area contributed by atoms with Gasteiger partial charge in [-0.2, -0.15) is 0 Å². The van der Waals surface area contributed by atoms with Crippen LogP contribution < -0.4 is 0 Å². The van der Waals surface area contributed by atoms with Crippen molar-refractivity contribution >= 4 is 11.7 Å². The molecule has 0 saturated carbocycles. The van der Waals surface area contributed by atoms with Gasteiger partial charge in [0.2, 0.25) is 0 Å². The number of ether oxygens (including phenoxy) is 1. The van der Waals surface area contributed by atoms with E-state index in [-0.39, 0.29) is 11.4 Å². The van der Waals surface area contributed by atoms with E-state index < -0.39 is 0 Å². The van der Waals surface area contributed by atoms with Gasteiger partial charge in [0, 0.05) is 0 Å². The minimum absolute atomic E-state index is 0.245. The van der Waals surface area contributed by atoms with Crippen LogP contribution in [-0.4, -0.2) is 24.8 Å². The van der Waals surface area contributed by atoms with Crippen molar-refractivity contribution in [3.63, 3.8) is 0 Å². The molecular weight excluding hydrogens is 202 g/mol. The van der Waals surface area contributed by atoms with Crippen molar-refractivity contribution in [1.82, 2.24) is 0 Å². The Morgan fingerprint density at radius 3 is 2.94 bits per heavy atom. The predicted molar refractivity (Wildman–Crippen MR) is 63.6 cm³/mol. The van der Waals surface area contributed by atoms with Crippen molar-refractivity contribution in [3.8, 4) is 0 Å². The maximum Gasteiger partial charge on any atom is 0.356 e. The zero-order chi connectivity index (χ0) is 11.8. The highest BCUT2D eigenvalue weighted by Crippen LogP contribution is 2.41. The number of aliphatic imine (C=N–C) groups is 1. The molecule has 3 heteroatoms. The fourth-order valence-corrected chi connectivity index (χ4v) is 2.41. The van der Waals surface area contributed by atoms with Crippen LogP contribution in [0.2, 0.25) is 0 Å². The normalized spacial score (nSPS) is 22.8. The van der Waals surface area contributed by atoms with Crippen molar-refractivity contribution in [2.75, 3.05) is 13.2 Å². The lowest BCUT2D eigenvalue weighted by Gasteiger charge is -2.30. The summed E-state index contributed by atoms with van der Waals surface area (Å²) in [6, 6.07) is 0. The van der Waals surface area contributed by atoms with E-state index in [4.69, 9.17) is 4.74 Å². The third-order valence-corrected chi connectivity index (χ3v) is 3.37. The molecule has 0 bridgehead atoms. The number of esters is 1. The second-order valence-electron chi connectivity index (χ2n) is 5.31. The van der Waals surface area contributed by atoms with Gasteiger partial charge in [-0.1, -0.05) is 13.8 Å². The Morgan fingerprint density at radius 2 is 2.25 bits per heavy atom. The van der Waals surface area contributed by atoms with Gasteiger partial charge >= 0.3 is 5.97 Å². The van der Waals surface area contributed by atoms with E-state index in [9.17, 15) is 4.79 Å². The van der Waals surface area contributed by atoms with Crippen molar-refractivity contribution in [1.29, 1.82) is 0 Å². The van der Waals surface area contributed by atoms with Crippen LogP contribution in [0.1, 0.15) is 40.0 Å². The van der Waals surface area contributed by atoms with Gasteiger partial charge in [0.05, 0.1) is 13.2 Å². The summed E-state index contributed by atoms with van der Waals surface area (Å²) in [6.45, 7) is 7.45. The first kappa shape index (κ1) is 11.4. The van der Waals surface area contributed by atoms with Gasteiger partial charge in [0.1, 0.15) is 5.71 Å². The number of carbonyl (C=O) groups is 1. The Hall–Kier alpha value is -1.12. The summed E-state index contributed by atoms with van der Waals surface area (Å²) in [6.07, 6.45) is 3.23. The number of carbonyl (C=O) groups excluding carboxylic acids is 1. The van der Waals surface area contributed by atoms with Crippen LogP contribution in [0.3, 0.4) is 0 Å². The van der Waals surface area contributed by atoms with E-state index >= 15 is 0 Å². The standard InChI is InChI=1S/C13H19NO2/c1-4-16-12(15)11-10-7-13(2,3)6-5-9(10)8-14-11/h4-8H2,1-3H3. The fraction of sp³-hybridized carbons (Fsp3) is 0.692. The van der Waals surface area contributed by atoms with Crippen molar-refractivity contribution in [2.45, 2.75) is 40.0 Å². The maximum absolute atomic E-state index is 11.7. The SMILES string of the molecule is CCOC(=O)C1=NCC2=C1CC(C)(C)CC2. The number of hydrogen-bond donors (Lipinski definition) is 0. The lowest BCUT2D eigenvalue weighted by Crippen LogP contribution is -2.25. The molecule has 0 radical (unpaired) electrons. The largest absolute Gasteiger partial charge is 0.461 e. The molecule has 0 unspecified atom stereocenters. The van der Waals surface area contributed by atoms with Gasteiger partial charge in [0.15, 0.2) is 0 Å². The summed E-state index contributed by atoms with van der Waals surface area (Å²) < 4.78 is 5.04. The first-order chi connectivity index (χ1) is 7.53. The van der Waals surface area contributed by atoms with Crippen molar-refractivity contribution in [3.05, 3.63) is 11.1 Å². The predicted octanol–water partition coefficient (Wildman–Crippen LogP) is 2.51. The number of nitrogens with zero attached hydrogens (tertiary/aromatic N) is 1. The highest BCUT2D eigenvalue weighted by Gasteiger charge is 2.34. The zero-order valence-electron chi connectivity index (χ0n) is 10.3. The zero-order valence-corrected chi connectivity index (χ0v) is 10.3. The first-order valence-corrected chi connectivity index (χ1v) is 5.96. The topological polar surface area (TPSA) is 38.7 Å². The molecule has 1 heterocycles. The second-order valence-corrected chi connectivity index (χ2v) is 5.31. The summed E-state index contributed by atoms with van der Waals surface area (Å²) in [7, 11) is 0. The molecule has 0 atom stereocenters. The maximum atomic E-state index is 11.7. The molecule has 0 saturated heterocycles. The summed E-state index contributed by atoms with van der Waals surface area (Å²) in [5.41, 5.74) is 3.39. The third-order valence-electron chi connectivity index (χ3n) is 3.37. The summed E-state index contributed by atoms with van der Waals surface area (Å²) >= 11 is 0. The summed E-state index contributed by atoms with van der Waals surface area (Å²) in [5, 5.41) is 0. The summed E-state index contributed by atoms with van der Waals surface area (Å²) in [5.74, 6) is -0.245. The van der Waals surface area contributed by atoms with Crippen LogP contribution in [0.15, 0.2) is 16.1 Å². The van der Waals surface area contributed by atoms with Crippen LogP contribution in [0, 0.1) is 5.41 Å². The van der Waals surface area contributed by atoms with E-state index in [0.717, 1.165) is 18.4 Å². The van der Waals surface area contributed by atoms with Crippen LogP contribution >= 0.6 is 0 Å². The van der Waals surface area contributed by atoms with E-state index in [2.05, 4.69) is 18.8 Å². The monoisotopic (exact) mass is 221 g/mol. The third kappa shape index (κ3) is 2.04. The lowest BCUT2D eigenvalue weighted by atomic mass is 9.74. The summed E-state index contributed by atoms with van der Waals surface area (Å²) in [4.78, 5) is 16.1. The van der Waals surface area contributed by atoms with Gasteiger partial charge in [-0.3, -0.25) is 4.99 Å². The molecule has 2 rings (SSSR count). The Bertz CT molecular complexity index is 377. The van der Waals surface area contributed by atoms with Gasteiger partial charge < -0.3 is 4.74 Å². The van der Waals surface area contributed by atoms with Gasteiger partial charge in [-0.05, 0) is 42.7 Å². The molecule has 0 amide bonds. The lowest BCUT2D eigenvalue weighted by molar-refractivity contribution is -0.134. The smallest absolute Gasteiger partial charge is 0.356 e. The van der Waals surface area contributed by atoms with Crippen molar-refractivity contribution in [2.24, 2.45) is 10.4 Å². The Balaban J connectivity index is 2.19. The molecule has 0 fully saturated rings. The van der Waals surface area contributed by atoms with Crippen LogP contribution in [0.25, 0.3) is 0 Å². The van der Waals surface area contributed by atoms with E-state index in [0.29, 0.717) is 18.9 Å². The highest BCUT2D eigenvalue weighted by molar-refractivity contribution is 6.44. The van der Waals surface area contributed by atoms with Crippen LogP contribution in [0.4, 0.5) is 0 Å². The van der Waals surface area contributed by atoms with Gasteiger partial charge in [-0.25, -0.2) is 4.79 Å². The van der Waals surface area contributed by atoms with E-state index in [1.807, 2.05) is 6.92 Å².